The third-order valence-electron chi connectivity index (χ3n) is 4.61. The van der Waals surface area contributed by atoms with Crippen LogP contribution < -0.4 is 5.32 Å². The van der Waals surface area contributed by atoms with Gasteiger partial charge in [-0.05, 0) is 50.6 Å². The Labute approximate surface area is 130 Å². The summed E-state index contributed by atoms with van der Waals surface area (Å²) in [5.74, 6) is 0.758. The van der Waals surface area contributed by atoms with Gasteiger partial charge in [-0.3, -0.25) is 4.68 Å². The molecule has 21 heavy (non-hydrogen) atoms. The maximum absolute atomic E-state index is 4.83. The van der Waals surface area contributed by atoms with Crippen LogP contribution in [0.2, 0.25) is 0 Å². The fourth-order valence-electron chi connectivity index (χ4n) is 3.54. The Morgan fingerprint density at radius 3 is 2.71 bits per heavy atom. The molecule has 120 valence electrons. The number of aromatic nitrogens is 2. The third kappa shape index (κ3) is 5.46. The molecule has 0 aliphatic heterocycles. The van der Waals surface area contributed by atoms with Crippen molar-refractivity contribution >= 4 is 0 Å². The van der Waals surface area contributed by atoms with Gasteiger partial charge >= 0.3 is 0 Å². The average Bonchev–Trinajstić information content (AvgIpc) is 2.94. The monoisotopic (exact) mass is 291 g/mol. The minimum absolute atomic E-state index is 0.634. The van der Waals surface area contributed by atoms with Gasteiger partial charge in [0.05, 0.1) is 11.7 Å². The Hall–Kier alpha value is -0.830. The summed E-state index contributed by atoms with van der Waals surface area (Å²) in [5, 5.41) is 8.45. The number of nitrogens with one attached hydrogen (secondary N) is 1. The lowest BCUT2D eigenvalue weighted by molar-refractivity contribution is 0.327. The topological polar surface area (TPSA) is 29.9 Å². The summed E-state index contributed by atoms with van der Waals surface area (Å²) >= 11 is 0. The van der Waals surface area contributed by atoms with Gasteiger partial charge in [-0.2, -0.15) is 5.10 Å². The summed E-state index contributed by atoms with van der Waals surface area (Å²) in [6, 6.07) is 3.52. The van der Waals surface area contributed by atoms with E-state index in [4.69, 9.17) is 5.10 Å². The second-order valence-corrected chi connectivity index (χ2v) is 7.00. The molecule has 0 radical (unpaired) electrons. The Balaban J connectivity index is 1.83. The van der Waals surface area contributed by atoms with Crippen molar-refractivity contribution in [2.24, 2.45) is 5.92 Å². The summed E-state index contributed by atoms with van der Waals surface area (Å²) in [6.45, 7) is 7.88. The van der Waals surface area contributed by atoms with Crippen molar-refractivity contribution in [3.8, 4) is 0 Å². The van der Waals surface area contributed by atoms with Crippen molar-refractivity contribution in [1.82, 2.24) is 15.1 Å². The van der Waals surface area contributed by atoms with Gasteiger partial charge in [0.1, 0.15) is 0 Å². The first-order chi connectivity index (χ1) is 10.2. The fraction of sp³-hybridized carbons (Fsp3) is 0.833. The molecule has 1 aromatic heterocycles. The van der Waals surface area contributed by atoms with E-state index >= 15 is 0 Å². The highest BCUT2D eigenvalue weighted by molar-refractivity contribution is 5.01. The molecule has 0 bridgehead atoms. The minimum Gasteiger partial charge on any atom is -0.314 e. The highest BCUT2D eigenvalue weighted by atomic mass is 15.3. The van der Waals surface area contributed by atoms with Crippen LogP contribution in [0.4, 0.5) is 0 Å². The van der Waals surface area contributed by atoms with E-state index in [0.717, 1.165) is 18.9 Å². The van der Waals surface area contributed by atoms with Crippen LogP contribution in [0.1, 0.15) is 77.5 Å². The minimum atomic E-state index is 0.634. The van der Waals surface area contributed by atoms with E-state index in [0.29, 0.717) is 12.1 Å². The molecule has 0 spiro atoms. The van der Waals surface area contributed by atoms with Crippen molar-refractivity contribution in [3.05, 3.63) is 18.0 Å². The van der Waals surface area contributed by atoms with Crippen molar-refractivity contribution in [1.29, 1.82) is 0 Å². The Bertz CT molecular complexity index is 391. The fourth-order valence-corrected chi connectivity index (χ4v) is 3.54. The molecular formula is C18H33N3. The highest BCUT2D eigenvalue weighted by Crippen LogP contribution is 2.27. The van der Waals surface area contributed by atoms with E-state index in [1.807, 2.05) is 0 Å². The van der Waals surface area contributed by atoms with Gasteiger partial charge in [-0.25, -0.2) is 0 Å². The SMILES string of the molecule is CCNC(CCc1ccn(C2CCCCC2)n1)CC(C)C. The first-order valence-electron chi connectivity index (χ1n) is 8.96. The van der Waals surface area contributed by atoms with Crippen molar-refractivity contribution < 1.29 is 0 Å². The molecule has 3 heteroatoms. The molecule has 1 aliphatic rings. The zero-order valence-electron chi connectivity index (χ0n) is 14.1. The molecular weight excluding hydrogens is 258 g/mol. The van der Waals surface area contributed by atoms with Crippen LogP contribution in [0.15, 0.2) is 12.3 Å². The summed E-state index contributed by atoms with van der Waals surface area (Å²) in [7, 11) is 0. The third-order valence-corrected chi connectivity index (χ3v) is 4.61. The van der Waals surface area contributed by atoms with Crippen LogP contribution in [0.25, 0.3) is 0 Å². The maximum atomic E-state index is 4.83. The van der Waals surface area contributed by atoms with Crippen LogP contribution in [0.5, 0.6) is 0 Å². The molecule has 1 aromatic rings. The van der Waals surface area contributed by atoms with E-state index in [2.05, 4.69) is 43.0 Å². The quantitative estimate of drug-likeness (QED) is 0.772. The predicted molar refractivity (Wildman–Crippen MR) is 89.6 cm³/mol. The standard InChI is InChI=1S/C18H33N3/c1-4-19-17(14-15(2)3)11-10-16-12-13-21(20-16)18-8-6-5-7-9-18/h12-13,15,17-19H,4-11,14H2,1-3H3. The van der Waals surface area contributed by atoms with Gasteiger partial charge in [-0.15, -0.1) is 0 Å². The lowest BCUT2D eigenvalue weighted by Crippen LogP contribution is -2.30. The summed E-state index contributed by atoms with van der Waals surface area (Å²) in [5.41, 5.74) is 1.27. The summed E-state index contributed by atoms with van der Waals surface area (Å²) < 4.78 is 2.24. The van der Waals surface area contributed by atoms with E-state index in [1.54, 1.807) is 0 Å². The van der Waals surface area contributed by atoms with Crippen molar-refractivity contribution in [2.75, 3.05) is 6.54 Å². The van der Waals surface area contributed by atoms with Crippen molar-refractivity contribution in [3.63, 3.8) is 0 Å². The largest absolute Gasteiger partial charge is 0.314 e. The lowest BCUT2D eigenvalue weighted by atomic mass is 9.96. The molecule has 0 saturated heterocycles. The zero-order chi connectivity index (χ0) is 15.1. The van der Waals surface area contributed by atoms with E-state index < -0.39 is 0 Å². The van der Waals surface area contributed by atoms with Gasteiger partial charge < -0.3 is 5.32 Å². The number of hydrogen-bond donors (Lipinski definition) is 1. The Morgan fingerprint density at radius 2 is 2.05 bits per heavy atom. The molecule has 1 atom stereocenters. The van der Waals surface area contributed by atoms with Gasteiger partial charge in [-0.1, -0.05) is 40.0 Å². The average molecular weight is 291 g/mol. The number of aryl methyl sites for hydroxylation is 1. The van der Waals surface area contributed by atoms with Gasteiger partial charge in [0, 0.05) is 12.2 Å². The van der Waals surface area contributed by atoms with Gasteiger partial charge in [0.15, 0.2) is 0 Å². The molecule has 1 aliphatic carbocycles. The molecule has 2 rings (SSSR count). The molecule has 1 unspecified atom stereocenters. The smallest absolute Gasteiger partial charge is 0.0625 e. The zero-order valence-corrected chi connectivity index (χ0v) is 14.1. The first kappa shape index (κ1) is 16.5. The van der Waals surface area contributed by atoms with E-state index in [1.165, 1.54) is 50.6 Å². The summed E-state index contributed by atoms with van der Waals surface area (Å²) in [4.78, 5) is 0. The molecule has 1 fully saturated rings. The van der Waals surface area contributed by atoms with E-state index in [-0.39, 0.29) is 0 Å². The number of rotatable bonds is 8. The lowest BCUT2D eigenvalue weighted by Gasteiger charge is -2.22. The number of hydrogen-bond acceptors (Lipinski definition) is 2. The predicted octanol–water partition coefficient (Wildman–Crippen LogP) is 4.35. The van der Waals surface area contributed by atoms with Crippen LogP contribution in [0.3, 0.4) is 0 Å². The Kier molecular flexibility index (Phi) is 6.75. The molecule has 1 heterocycles. The highest BCUT2D eigenvalue weighted by Gasteiger charge is 2.16. The summed E-state index contributed by atoms with van der Waals surface area (Å²) in [6.07, 6.45) is 12.5. The molecule has 3 nitrogen and oxygen atoms in total. The molecule has 0 amide bonds. The van der Waals surface area contributed by atoms with Crippen LogP contribution in [-0.4, -0.2) is 22.4 Å². The molecule has 0 aromatic carbocycles. The Morgan fingerprint density at radius 1 is 1.29 bits per heavy atom. The van der Waals surface area contributed by atoms with Gasteiger partial charge in [0.25, 0.3) is 0 Å². The van der Waals surface area contributed by atoms with Gasteiger partial charge in [0.2, 0.25) is 0 Å². The molecule has 1 saturated carbocycles. The first-order valence-corrected chi connectivity index (χ1v) is 8.96. The normalized spacial score (nSPS) is 18.3. The second-order valence-electron chi connectivity index (χ2n) is 7.00. The van der Waals surface area contributed by atoms with Crippen LogP contribution in [-0.2, 0) is 6.42 Å². The van der Waals surface area contributed by atoms with Crippen LogP contribution >= 0.6 is 0 Å². The maximum Gasteiger partial charge on any atom is 0.0625 e. The number of nitrogens with zero attached hydrogens (tertiary/aromatic N) is 2. The second kappa shape index (κ2) is 8.57. The van der Waals surface area contributed by atoms with Crippen LogP contribution in [0, 0.1) is 5.92 Å². The van der Waals surface area contributed by atoms with E-state index in [9.17, 15) is 0 Å². The molecule has 1 N–H and O–H groups in total. The van der Waals surface area contributed by atoms with Crippen molar-refractivity contribution in [2.45, 2.75) is 84.2 Å².